The summed E-state index contributed by atoms with van der Waals surface area (Å²) in [6.07, 6.45) is 1.10. The number of nitrogens with one attached hydrogen (secondary N) is 1. The Bertz CT molecular complexity index is 1040. The quantitative estimate of drug-likeness (QED) is 0.696. The van der Waals surface area contributed by atoms with E-state index in [0.717, 1.165) is 17.0 Å². The number of carbonyl (C=O) groups is 2. The van der Waals surface area contributed by atoms with E-state index in [0.29, 0.717) is 22.1 Å². The van der Waals surface area contributed by atoms with Gasteiger partial charge in [0.05, 0.1) is 5.02 Å². The van der Waals surface area contributed by atoms with Crippen LogP contribution < -0.4 is 0 Å². The van der Waals surface area contributed by atoms with Crippen molar-refractivity contribution in [1.29, 1.82) is 0 Å². The fourth-order valence-corrected chi connectivity index (χ4v) is 2.89. The molecule has 2 heterocycles. The van der Waals surface area contributed by atoms with Gasteiger partial charge in [-0.2, -0.15) is 0 Å². The van der Waals surface area contributed by atoms with E-state index in [1.807, 2.05) is 0 Å². The number of carboxylic acids is 1. The molecule has 0 spiro atoms. The number of hydrogen-bond acceptors (Lipinski definition) is 3. The highest BCUT2D eigenvalue weighted by atomic mass is 35.5. The number of H-pyrrole nitrogens is 1. The minimum atomic E-state index is -1.35. The van der Waals surface area contributed by atoms with Crippen molar-refractivity contribution in [3.8, 4) is 0 Å². The molecular formula is C18H14ClF2N3O3. The first kappa shape index (κ1) is 18.8. The summed E-state index contributed by atoms with van der Waals surface area (Å²) in [4.78, 5) is 32.2. The Kier molecular flexibility index (Phi) is 5.09. The van der Waals surface area contributed by atoms with Gasteiger partial charge in [0.1, 0.15) is 29.0 Å². The third-order valence-electron chi connectivity index (χ3n) is 4.17. The summed E-state index contributed by atoms with van der Waals surface area (Å²) in [7, 11) is 1.30. The number of aliphatic carboxylic acids is 1. The molecule has 6 nitrogen and oxygen atoms in total. The zero-order valence-corrected chi connectivity index (χ0v) is 14.8. The molecule has 0 aliphatic heterocycles. The lowest BCUT2D eigenvalue weighted by Crippen LogP contribution is -2.44. The molecule has 1 unspecified atom stereocenters. The van der Waals surface area contributed by atoms with Crippen LogP contribution in [0.1, 0.15) is 16.1 Å². The average molecular weight is 394 g/mol. The zero-order chi connectivity index (χ0) is 19.7. The number of aromatic nitrogens is 2. The molecule has 0 saturated heterocycles. The van der Waals surface area contributed by atoms with Crippen molar-refractivity contribution in [2.24, 2.45) is 0 Å². The van der Waals surface area contributed by atoms with Crippen LogP contribution in [0, 0.1) is 11.6 Å². The Morgan fingerprint density at radius 2 is 2.04 bits per heavy atom. The number of halogens is 3. The second-order valence-corrected chi connectivity index (χ2v) is 6.42. The maximum absolute atomic E-state index is 13.9. The number of benzene rings is 1. The van der Waals surface area contributed by atoms with E-state index in [1.165, 1.54) is 19.3 Å². The second-order valence-electron chi connectivity index (χ2n) is 5.98. The van der Waals surface area contributed by atoms with Gasteiger partial charge in [-0.25, -0.2) is 18.6 Å². The first-order chi connectivity index (χ1) is 12.8. The topological polar surface area (TPSA) is 86.3 Å². The van der Waals surface area contributed by atoms with Crippen molar-refractivity contribution in [3.63, 3.8) is 0 Å². The van der Waals surface area contributed by atoms with Crippen LogP contribution in [0.4, 0.5) is 8.78 Å². The van der Waals surface area contributed by atoms with E-state index in [2.05, 4.69) is 9.97 Å². The van der Waals surface area contributed by atoms with Crippen LogP contribution in [-0.4, -0.2) is 44.9 Å². The van der Waals surface area contributed by atoms with Gasteiger partial charge in [-0.1, -0.05) is 17.7 Å². The third-order valence-corrected chi connectivity index (χ3v) is 4.38. The van der Waals surface area contributed by atoms with E-state index in [4.69, 9.17) is 11.6 Å². The van der Waals surface area contributed by atoms with Gasteiger partial charge < -0.3 is 15.0 Å². The Balaban J connectivity index is 1.87. The summed E-state index contributed by atoms with van der Waals surface area (Å²) >= 11 is 5.87. The molecule has 1 aromatic carbocycles. The number of carboxylic acid groups (broad SMARTS) is 1. The van der Waals surface area contributed by atoms with Gasteiger partial charge in [-0.05, 0) is 23.8 Å². The van der Waals surface area contributed by atoms with Crippen LogP contribution in [0.5, 0.6) is 0 Å². The van der Waals surface area contributed by atoms with Crippen LogP contribution in [0.2, 0.25) is 5.02 Å². The van der Waals surface area contributed by atoms with Crippen LogP contribution in [0.25, 0.3) is 11.0 Å². The molecule has 0 aliphatic rings. The Hall–Kier alpha value is -3.00. The van der Waals surface area contributed by atoms with E-state index in [-0.39, 0.29) is 17.7 Å². The first-order valence-electron chi connectivity index (χ1n) is 7.84. The number of fused-ring (bicyclic) bond motifs is 1. The van der Waals surface area contributed by atoms with Gasteiger partial charge >= 0.3 is 5.97 Å². The van der Waals surface area contributed by atoms with Gasteiger partial charge in [-0.3, -0.25) is 4.79 Å². The largest absolute Gasteiger partial charge is 0.480 e. The maximum Gasteiger partial charge on any atom is 0.326 e. The third kappa shape index (κ3) is 3.90. The number of nitrogens with zero attached hydrogens (tertiary/aromatic N) is 2. The van der Waals surface area contributed by atoms with Gasteiger partial charge in [0.25, 0.3) is 5.91 Å². The summed E-state index contributed by atoms with van der Waals surface area (Å²) in [5, 5.41) is 10.5. The van der Waals surface area contributed by atoms with E-state index in [9.17, 15) is 23.5 Å². The minimum absolute atomic E-state index is 0.00598. The van der Waals surface area contributed by atoms with Crippen molar-refractivity contribution < 1.29 is 23.5 Å². The summed E-state index contributed by atoms with van der Waals surface area (Å²) in [5.41, 5.74) is 0.536. The number of amides is 1. The lowest BCUT2D eigenvalue weighted by Gasteiger charge is -2.24. The molecule has 1 amide bonds. The number of carbonyl (C=O) groups excluding carboxylic acids is 1. The Morgan fingerprint density at radius 1 is 1.30 bits per heavy atom. The van der Waals surface area contributed by atoms with Crippen molar-refractivity contribution in [3.05, 3.63) is 64.4 Å². The van der Waals surface area contributed by atoms with Crippen LogP contribution in [0.15, 0.2) is 36.5 Å². The molecule has 3 aromatic rings. The molecule has 9 heteroatoms. The number of rotatable bonds is 5. The van der Waals surface area contributed by atoms with Gasteiger partial charge in [0.15, 0.2) is 0 Å². The van der Waals surface area contributed by atoms with E-state index in [1.54, 1.807) is 6.07 Å². The lowest BCUT2D eigenvalue weighted by molar-refractivity contribution is -0.141. The number of hydrogen-bond donors (Lipinski definition) is 2. The highest BCUT2D eigenvalue weighted by molar-refractivity contribution is 6.31. The standard InChI is InChI=1S/C18H14ClF2N3O3/c1-24(15(18(26)27)6-9-2-3-12(20)7-13(9)21)17(25)14-5-10-4-11(19)8-22-16(10)23-14/h2-5,7-8,15H,6H2,1H3,(H,22,23)(H,26,27). The fourth-order valence-electron chi connectivity index (χ4n) is 2.72. The number of pyridine rings is 1. The predicted molar refractivity (Wildman–Crippen MR) is 94.7 cm³/mol. The highest BCUT2D eigenvalue weighted by Gasteiger charge is 2.29. The Morgan fingerprint density at radius 3 is 2.70 bits per heavy atom. The molecule has 27 heavy (non-hydrogen) atoms. The van der Waals surface area contributed by atoms with Crippen molar-refractivity contribution >= 4 is 34.5 Å². The molecule has 2 N–H and O–H groups in total. The molecule has 0 bridgehead atoms. The molecule has 2 aromatic heterocycles. The predicted octanol–water partition coefficient (Wildman–Crippen LogP) is 3.26. The maximum atomic E-state index is 13.9. The zero-order valence-electron chi connectivity index (χ0n) is 14.0. The lowest BCUT2D eigenvalue weighted by atomic mass is 10.0. The summed E-state index contributed by atoms with van der Waals surface area (Å²) in [5.74, 6) is -3.56. The van der Waals surface area contributed by atoms with Crippen LogP contribution in [-0.2, 0) is 11.2 Å². The van der Waals surface area contributed by atoms with Gasteiger partial charge in [0.2, 0.25) is 0 Å². The Labute approximate surface area is 157 Å². The second kappa shape index (κ2) is 7.32. The van der Waals surface area contributed by atoms with Crippen molar-refractivity contribution in [2.45, 2.75) is 12.5 Å². The number of likely N-dealkylation sites (N-methyl/N-ethyl adjacent to an activating group) is 1. The molecule has 0 fully saturated rings. The molecular weight excluding hydrogens is 380 g/mol. The molecule has 0 saturated carbocycles. The van der Waals surface area contributed by atoms with E-state index < -0.39 is 29.6 Å². The normalized spacial score (nSPS) is 12.1. The SMILES string of the molecule is CN(C(=O)c1cc2cc(Cl)cnc2[nH]1)C(Cc1ccc(F)cc1F)C(=O)O. The highest BCUT2D eigenvalue weighted by Crippen LogP contribution is 2.20. The van der Waals surface area contributed by atoms with Gasteiger partial charge in [0, 0.05) is 31.1 Å². The van der Waals surface area contributed by atoms with Gasteiger partial charge in [-0.15, -0.1) is 0 Å². The molecule has 3 rings (SSSR count). The van der Waals surface area contributed by atoms with E-state index >= 15 is 0 Å². The van der Waals surface area contributed by atoms with Crippen LogP contribution in [0.3, 0.4) is 0 Å². The summed E-state index contributed by atoms with van der Waals surface area (Å²) in [6, 6.07) is 4.63. The molecule has 140 valence electrons. The summed E-state index contributed by atoms with van der Waals surface area (Å²) < 4.78 is 26.9. The first-order valence-corrected chi connectivity index (χ1v) is 8.22. The molecule has 0 radical (unpaired) electrons. The fraction of sp³-hybridized carbons (Fsp3) is 0.167. The van der Waals surface area contributed by atoms with Crippen molar-refractivity contribution in [1.82, 2.24) is 14.9 Å². The smallest absolute Gasteiger partial charge is 0.326 e. The minimum Gasteiger partial charge on any atom is -0.480 e. The molecule has 1 atom stereocenters. The summed E-state index contributed by atoms with van der Waals surface area (Å²) in [6.45, 7) is 0. The molecule has 0 aliphatic carbocycles. The average Bonchev–Trinajstić information content (AvgIpc) is 3.02. The van der Waals surface area contributed by atoms with Crippen molar-refractivity contribution in [2.75, 3.05) is 7.05 Å². The number of aromatic amines is 1. The van der Waals surface area contributed by atoms with Crippen LogP contribution >= 0.6 is 11.6 Å². The monoisotopic (exact) mass is 393 g/mol.